The molecule has 21 aliphatic rings. The number of rotatable bonds is 42. The molecule has 0 amide bonds. The van der Waals surface area contributed by atoms with Crippen LogP contribution in [0.2, 0.25) is 0 Å². The van der Waals surface area contributed by atoms with Crippen LogP contribution in [0.3, 0.4) is 0 Å². The fourth-order valence-electron chi connectivity index (χ4n) is 14.0. The lowest BCUT2D eigenvalue weighted by Gasteiger charge is -2.50. The van der Waals surface area contributed by atoms with Crippen LogP contribution in [0.15, 0.2) is 0 Å². The van der Waals surface area contributed by atoms with E-state index in [2.05, 4.69) is 0 Å². The number of aliphatic hydroxyl groups is 14. The number of aliphatic carboxylic acids is 7. The van der Waals surface area contributed by atoms with E-state index in [4.69, 9.17) is 66.3 Å². The Bertz CT molecular complexity index is 2550. The van der Waals surface area contributed by atoms with Gasteiger partial charge < -0.3 is 174 Å². The van der Waals surface area contributed by atoms with Crippen molar-refractivity contribution in [3.05, 3.63) is 0 Å². The zero-order valence-electron chi connectivity index (χ0n) is 64.3. The molecule has 0 radical (unpaired) electrons. The number of carbonyl (C=O) groups is 7. The van der Waals surface area contributed by atoms with Gasteiger partial charge in [-0.2, -0.15) is 82.3 Å². The van der Waals surface area contributed by atoms with Gasteiger partial charge in [-0.3, -0.25) is 33.6 Å². The van der Waals surface area contributed by atoms with Crippen LogP contribution < -0.4 is 0 Å². The molecule has 35 atom stereocenters. The molecule has 49 heteroatoms. The largest absolute Gasteiger partial charge is 0.481 e. The highest BCUT2D eigenvalue weighted by atomic mass is 32.2. The van der Waals surface area contributed by atoms with E-state index < -0.39 is 257 Å². The summed E-state index contributed by atoms with van der Waals surface area (Å²) in [6.07, 6.45) is -69.5. The first-order valence-corrected chi connectivity index (χ1v) is 47.0. The van der Waals surface area contributed by atoms with Gasteiger partial charge in [-0.05, 0) is 85.2 Å². The second-order valence-corrected chi connectivity index (χ2v) is 37.4. The molecule has 21 N–H and O–H groups in total. The Morgan fingerprint density at radius 2 is 0.286 bits per heavy atom. The molecule has 0 unspecified atom stereocenters. The lowest BCUT2D eigenvalue weighted by molar-refractivity contribution is -0.389. The van der Waals surface area contributed by atoms with Gasteiger partial charge in [0.25, 0.3) is 0 Å². The topological polar surface area (TPSA) is 674 Å². The minimum atomic E-state index is -2.23. The zero-order chi connectivity index (χ0) is 86.9. The number of carboxylic acids is 7. The normalized spacial score (nSPS) is 39.8. The van der Waals surface area contributed by atoms with Crippen molar-refractivity contribution in [2.45, 2.75) is 305 Å². The van der Waals surface area contributed by atoms with E-state index in [0.29, 0.717) is 0 Å². The van der Waals surface area contributed by atoms with Crippen molar-refractivity contribution in [2.24, 2.45) is 0 Å². The summed E-state index contributed by atoms with van der Waals surface area (Å²) in [5.74, 6) is -8.74. The highest BCUT2D eigenvalue weighted by molar-refractivity contribution is 8.00. The van der Waals surface area contributed by atoms with Gasteiger partial charge >= 0.3 is 41.8 Å². The van der Waals surface area contributed by atoms with Crippen LogP contribution in [0.5, 0.6) is 0 Å². The van der Waals surface area contributed by atoms with Crippen molar-refractivity contribution in [3.63, 3.8) is 0 Å². The van der Waals surface area contributed by atoms with Crippen LogP contribution in [0, 0.1) is 0 Å². The van der Waals surface area contributed by atoms with Crippen LogP contribution >= 0.6 is 82.3 Å². The summed E-state index contributed by atoms with van der Waals surface area (Å²) in [7, 11) is 0. The summed E-state index contributed by atoms with van der Waals surface area (Å²) < 4.78 is 89.0. The molecular formula is C70H112O42S7. The molecule has 21 saturated heterocycles. The van der Waals surface area contributed by atoms with Crippen LogP contribution in [-0.2, 0) is 99.9 Å². The highest BCUT2D eigenvalue weighted by Gasteiger charge is 2.60. The Morgan fingerprint density at radius 3 is 0.387 bits per heavy atom. The first kappa shape index (κ1) is 102. The monoisotopic (exact) mass is 1850 g/mol. The predicted molar refractivity (Wildman–Crippen MR) is 418 cm³/mol. The van der Waals surface area contributed by atoms with Crippen molar-refractivity contribution >= 4 is 124 Å². The van der Waals surface area contributed by atoms with Crippen LogP contribution in [0.1, 0.15) is 89.9 Å². The third kappa shape index (κ3) is 30.4. The van der Waals surface area contributed by atoms with Crippen LogP contribution in [0.4, 0.5) is 0 Å². The molecule has 21 aliphatic heterocycles. The Hall–Kier alpha value is -2.38. The van der Waals surface area contributed by atoms with Gasteiger partial charge in [0.15, 0.2) is 44.0 Å². The molecule has 42 nitrogen and oxygen atoms in total. The van der Waals surface area contributed by atoms with Crippen LogP contribution in [0.25, 0.3) is 0 Å². The summed E-state index contributed by atoms with van der Waals surface area (Å²) in [6.45, 7) is 0. The number of hydrogen-bond donors (Lipinski definition) is 21. The minimum Gasteiger partial charge on any atom is -0.481 e. The first-order valence-electron chi connectivity index (χ1n) is 38.9. The molecule has 21 fully saturated rings. The Labute approximate surface area is 712 Å². The highest BCUT2D eigenvalue weighted by Crippen LogP contribution is 2.42. The van der Waals surface area contributed by atoms with Crippen molar-refractivity contribution in [1.29, 1.82) is 0 Å². The van der Waals surface area contributed by atoms with E-state index in [1.165, 1.54) is 0 Å². The van der Waals surface area contributed by atoms with Gasteiger partial charge in [-0.15, -0.1) is 0 Å². The van der Waals surface area contributed by atoms with E-state index in [0.717, 1.165) is 82.3 Å². The van der Waals surface area contributed by atoms with Crippen LogP contribution in [-0.4, -0.2) is 445 Å². The molecule has 21 heterocycles. The Balaban J connectivity index is 1.22. The predicted octanol–water partition coefficient (Wildman–Crippen LogP) is -3.99. The number of aliphatic hydroxyl groups excluding tert-OH is 14. The van der Waals surface area contributed by atoms with Gasteiger partial charge in [0.1, 0.15) is 128 Å². The van der Waals surface area contributed by atoms with Gasteiger partial charge in [-0.1, -0.05) is 0 Å². The van der Waals surface area contributed by atoms with E-state index in [1.807, 2.05) is 0 Å². The van der Waals surface area contributed by atoms with Crippen molar-refractivity contribution < 1.29 is 207 Å². The molecule has 686 valence electrons. The lowest BCUT2D eigenvalue weighted by Crippen LogP contribution is -2.68. The van der Waals surface area contributed by atoms with E-state index in [-0.39, 0.29) is 170 Å². The lowest BCUT2D eigenvalue weighted by atomic mass is 9.95. The smallest absolute Gasteiger partial charge is 0.303 e. The third-order valence-electron chi connectivity index (χ3n) is 20.3. The van der Waals surface area contributed by atoms with E-state index >= 15 is 0 Å². The summed E-state index contributed by atoms with van der Waals surface area (Å²) in [5, 5.41) is 238. The molecule has 21 rings (SSSR count). The molecule has 0 saturated carbocycles. The fraction of sp³-hybridized carbons (Fsp3) is 0.900. The molecule has 119 heavy (non-hydrogen) atoms. The number of thioether (sulfide) groups is 7. The molecular weight excluding hydrogens is 1740 g/mol. The molecule has 14 bridgehead atoms. The van der Waals surface area contributed by atoms with Crippen molar-refractivity contribution in [3.8, 4) is 0 Å². The van der Waals surface area contributed by atoms with Crippen molar-refractivity contribution in [1.82, 2.24) is 0 Å². The summed E-state index contributed by atoms with van der Waals surface area (Å²) in [6, 6.07) is 0. The summed E-state index contributed by atoms with van der Waals surface area (Å²) in [4.78, 5) is 81.2. The minimum absolute atomic E-state index is 0.0923. The molecule has 0 aromatic heterocycles. The molecule has 0 aromatic carbocycles. The summed E-state index contributed by atoms with van der Waals surface area (Å²) >= 11 is 7.45. The van der Waals surface area contributed by atoms with Gasteiger partial charge in [0.05, 0.1) is 42.7 Å². The van der Waals surface area contributed by atoms with E-state index in [1.54, 1.807) is 0 Å². The molecule has 0 spiro atoms. The van der Waals surface area contributed by atoms with E-state index in [9.17, 15) is 141 Å². The third-order valence-corrected chi connectivity index (χ3v) is 28.2. The van der Waals surface area contributed by atoms with Gasteiger partial charge in [0.2, 0.25) is 0 Å². The summed E-state index contributed by atoms with van der Waals surface area (Å²) in [5.41, 5.74) is 0. The maximum Gasteiger partial charge on any atom is 0.303 e. The molecule has 0 aromatic rings. The number of carboxylic acid groups (broad SMARTS) is 7. The standard InChI is InChI=1S/C70H112O42S7/c71-36(72)8-1-15-113-22-29-57-43(85)50(92)64(99-29)107-58-30(23-114-16-2-9-37(73)74)101-66(52(94)45(58)87)109-60-32(25-116-18-4-11-39(77)78)103-68(54(96)47(60)89)111-62-34(27-118-20-6-13-41(81)82)105-70(56(98)49(62)91)112-63-35(28-119-21-7-14-42(83)84)104-69(55(97)48(63)90)110-61-33(26-117-19-5-12-40(79)80)102-67(53(95)46(61)88)108-59-31(24-115-17-3-10-38(75)76)100-65(106-57)51(93)44(59)86/h29-35,43-70,85-98H,1-28H2,(H,71,72)(H,73,74)(H,75,76)(H,77,78)(H,79,80)(H,81,82)(H,83,84)/t29-,30-,31-,32-,33-,34-,35-,43-,44-,45-,46-,47-,48-,49+,50-,51-,52-,53-,54-,55-,56-,57-,58-,59-,60-,61-,62-,63-,64-,65-,66-,67-,68-,69-,70-/m1/s1. The Kier molecular flexibility index (Phi) is 43.7. The molecule has 0 aliphatic carbocycles. The number of ether oxygens (including phenoxy) is 14. The second kappa shape index (κ2) is 51.0. The average molecular weight is 1850 g/mol. The maximum atomic E-state index is 12.3. The fourth-order valence-corrected chi connectivity index (χ4v) is 21.1. The zero-order valence-corrected chi connectivity index (χ0v) is 70.0. The first-order chi connectivity index (χ1) is 56.6. The average Bonchev–Trinajstić information content (AvgIpc) is 0.957. The second-order valence-electron chi connectivity index (χ2n) is 29.4. The quantitative estimate of drug-likeness (QED) is 0.0259. The number of hydrogen-bond acceptors (Lipinski definition) is 42. The SMILES string of the molecule is O=C(O)CCCSC[C@H]1O[C@@H]2O[C@H]3[C@H](O)[C@@H](O)[C@@H](O[C@H]4[C@H](O)[C@@H](O)[C@@H](O[C@H]5[C@@H](O)[C@@H](O)[C@@H](O[C@H]6[C@H](O)[C@@H](O)[C@@H](O[C@H]7[C@H](O)[C@@H](O)[C@@H](O[C@H]8[C@H](O)[C@@H](O)[C@@H](O[C@H]1[C@H](O)[C@H]2O)O[C@@H]8CSCCCC(=O)O)O[C@@H]7CSCCCC(=O)O)O[C@@H]6CSCCCC(=O)O)O[C@@H]5CSCCCC(=O)O)O[C@@H]4CSCCCC(=O)O)O[C@@H]3CSCCCC(=O)O. The Morgan fingerprint density at radius 1 is 0.176 bits per heavy atom. The van der Waals surface area contributed by atoms with Crippen molar-refractivity contribution in [2.75, 3.05) is 80.5 Å². The maximum absolute atomic E-state index is 12.3. The van der Waals surface area contributed by atoms with Gasteiger partial charge in [0, 0.05) is 85.2 Å². The van der Waals surface area contributed by atoms with Gasteiger partial charge in [-0.25, -0.2) is 0 Å².